The van der Waals surface area contributed by atoms with Crippen molar-refractivity contribution in [2.75, 3.05) is 5.73 Å². The van der Waals surface area contributed by atoms with Crippen molar-refractivity contribution in [1.29, 1.82) is 0 Å². The van der Waals surface area contributed by atoms with E-state index in [1.54, 1.807) is 0 Å². The van der Waals surface area contributed by atoms with Gasteiger partial charge in [-0.05, 0) is 32.6 Å². The first-order valence-electron chi connectivity index (χ1n) is 6.62. The summed E-state index contributed by atoms with van der Waals surface area (Å²) in [7, 11) is 0. The van der Waals surface area contributed by atoms with Gasteiger partial charge >= 0.3 is 5.97 Å². The number of allylic oxidation sites excluding steroid dienone is 1. The maximum absolute atomic E-state index is 12.0. The zero-order valence-electron chi connectivity index (χ0n) is 11.3. The Hall–Kier alpha value is -1.85. The van der Waals surface area contributed by atoms with Gasteiger partial charge in [0, 0.05) is 0 Å². The third kappa shape index (κ3) is 3.33. The van der Waals surface area contributed by atoms with Crippen LogP contribution in [0.1, 0.15) is 49.5 Å². The standard InChI is InChI=1S/C13H20N4O2/c1-9(2)8-17-12(14)11(15-16-17)13(18)19-10-6-4-3-5-7-10/h10H,1,3-8,14H2,2H3. The van der Waals surface area contributed by atoms with Crippen LogP contribution in [-0.4, -0.2) is 27.1 Å². The summed E-state index contributed by atoms with van der Waals surface area (Å²) in [4.78, 5) is 12.0. The van der Waals surface area contributed by atoms with Crippen LogP contribution in [0, 0.1) is 0 Å². The molecule has 6 nitrogen and oxygen atoms in total. The number of nitrogens with zero attached hydrogens (tertiary/aromatic N) is 3. The highest BCUT2D eigenvalue weighted by Gasteiger charge is 2.23. The second kappa shape index (κ2) is 5.86. The molecule has 1 aliphatic rings. The van der Waals surface area contributed by atoms with Crippen LogP contribution < -0.4 is 5.73 Å². The van der Waals surface area contributed by atoms with E-state index >= 15 is 0 Å². The van der Waals surface area contributed by atoms with E-state index in [0.29, 0.717) is 6.54 Å². The van der Waals surface area contributed by atoms with Crippen LogP contribution in [0.2, 0.25) is 0 Å². The van der Waals surface area contributed by atoms with E-state index in [-0.39, 0.29) is 17.6 Å². The molecule has 0 bridgehead atoms. The fraction of sp³-hybridized carbons (Fsp3) is 0.615. The Morgan fingerprint density at radius 1 is 1.47 bits per heavy atom. The number of ether oxygens (including phenoxy) is 1. The van der Waals surface area contributed by atoms with Crippen LogP contribution >= 0.6 is 0 Å². The molecule has 6 heteroatoms. The lowest BCUT2D eigenvalue weighted by molar-refractivity contribution is 0.0205. The number of rotatable bonds is 4. The Kier molecular flexibility index (Phi) is 4.19. The number of hydrogen-bond donors (Lipinski definition) is 1. The summed E-state index contributed by atoms with van der Waals surface area (Å²) >= 11 is 0. The monoisotopic (exact) mass is 264 g/mol. The smallest absolute Gasteiger partial charge is 0.363 e. The molecule has 1 aliphatic carbocycles. The topological polar surface area (TPSA) is 83.0 Å². The first-order chi connectivity index (χ1) is 9.08. The van der Waals surface area contributed by atoms with Crippen molar-refractivity contribution in [3.63, 3.8) is 0 Å². The number of esters is 1. The number of nitrogen functional groups attached to an aromatic ring is 1. The summed E-state index contributed by atoms with van der Waals surface area (Å²) in [5, 5.41) is 7.66. The van der Waals surface area contributed by atoms with Crippen molar-refractivity contribution in [3.8, 4) is 0 Å². The second-order valence-electron chi connectivity index (χ2n) is 5.10. The fourth-order valence-electron chi connectivity index (χ4n) is 2.23. The molecule has 0 atom stereocenters. The summed E-state index contributed by atoms with van der Waals surface area (Å²) in [6, 6.07) is 0. The van der Waals surface area contributed by atoms with E-state index in [0.717, 1.165) is 31.3 Å². The summed E-state index contributed by atoms with van der Waals surface area (Å²) in [5.74, 6) is -0.235. The Labute approximate surface area is 112 Å². The number of hydrogen-bond acceptors (Lipinski definition) is 5. The lowest BCUT2D eigenvalue weighted by atomic mass is 9.98. The number of carbonyl (C=O) groups is 1. The van der Waals surface area contributed by atoms with Crippen LogP contribution in [0.5, 0.6) is 0 Å². The van der Waals surface area contributed by atoms with Gasteiger partial charge in [-0.15, -0.1) is 5.10 Å². The molecule has 0 aliphatic heterocycles. The van der Waals surface area contributed by atoms with E-state index in [1.165, 1.54) is 11.1 Å². The van der Waals surface area contributed by atoms with Gasteiger partial charge in [0.15, 0.2) is 5.82 Å². The van der Waals surface area contributed by atoms with E-state index in [4.69, 9.17) is 10.5 Å². The minimum atomic E-state index is -0.475. The molecule has 0 radical (unpaired) electrons. The third-order valence-electron chi connectivity index (χ3n) is 3.21. The highest BCUT2D eigenvalue weighted by atomic mass is 16.5. The van der Waals surface area contributed by atoms with Crippen LogP contribution in [-0.2, 0) is 11.3 Å². The van der Waals surface area contributed by atoms with Gasteiger partial charge in [0.25, 0.3) is 0 Å². The Balaban J connectivity index is 2.02. The maximum atomic E-state index is 12.0. The van der Waals surface area contributed by atoms with Gasteiger partial charge in [-0.3, -0.25) is 0 Å². The van der Waals surface area contributed by atoms with Gasteiger partial charge in [-0.25, -0.2) is 9.48 Å². The van der Waals surface area contributed by atoms with Crippen molar-refractivity contribution in [2.45, 2.75) is 51.7 Å². The molecule has 1 aromatic rings. The first kappa shape index (κ1) is 13.6. The number of nitrogens with two attached hydrogens (primary N) is 1. The molecule has 2 rings (SSSR count). The summed E-state index contributed by atoms with van der Waals surface area (Å²) < 4.78 is 6.88. The van der Waals surface area contributed by atoms with Crippen molar-refractivity contribution < 1.29 is 9.53 Å². The minimum Gasteiger partial charge on any atom is -0.458 e. The zero-order chi connectivity index (χ0) is 13.8. The van der Waals surface area contributed by atoms with E-state index in [9.17, 15) is 4.79 Å². The molecule has 2 N–H and O–H groups in total. The minimum absolute atomic E-state index is 0.00746. The average Bonchev–Trinajstić information content (AvgIpc) is 2.72. The van der Waals surface area contributed by atoms with E-state index < -0.39 is 5.97 Å². The average molecular weight is 264 g/mol. The van der Waals surface area contributed by atoms with Crippen molar-refractivity contribution in [3.05, 3.63) is 17.8 Å². The molecule has 0 aromatic carbocycles. The molecule has 1 fully saturated rings. The molecule has 1 aromatic heterocycles. The SMILES string of the molecule is C=C(C)Cn1nnc(C(=O)OC2CCCCC2)c1N. The van der Waals surface area contributed by atoms with Gasteiger partial charge in [-0.2, -0.15) is 0 Å². The molecular formula is C13H20N4O2. The molecule has 19 heavy (non-hydrogen) atoms. The molecule has 1 heterocycles. The molecule has 104 valence electrons. The predicted molar refractivity (Wildman–Crippen MR) is 71.5 cm³/mol. The highest BCUT2D eigenvalue weighted by molar-refractivity contribution is 5.91. The molecule has 0 amide bonds. The fourth-order valence-corrected chi connectivity index (χ4v) is 2.23. The Morgan fingerprint density at radius 3 is 2.79 bits per heavy atom. The predicted octanol–water partition coefficient (Wildman–Crippen LogP) is 1.93. The van der Waals surface area contributed by atoms with Crippen molar-refractivity contribution >= 4 is 11.8 Å². The Bertz CT molecular complexity index is 475. The number of aromatic nitrogens is 3. The van der Waals surface area contributed by atoms with Gasteiger partial charge in [0.2, 0.25) is 5.69 Å². The zero-order valence-corrected chi connectivity index (χ0v) is 11.3. The Morgan fingerprint density at radius 2 is 2.16 bits per heavy atom. The molecule has 0 spiro atoms. The van der Waals surface area contributed by atoms with Gasteiger partial charge in [-0.1, -0.05) is 23.8 Å². The van der Waals surface area contributed by atoms with E-state index in [2.05, 4.69) is 16.9 Å². The number of anilines is 1. The van der Waals surface area contributed by atoms with Gasteiger partial charge in [0.05, 0.1) is 6.54 Å². The third-order valence-corrected chi connectivity index (χ3v) is 3.21. The van der Waals surface area contributed by atoms with Crippen LogP contribution in [0.4, 0.5) is 5.82 Å². The second-order valence-corrected chi connectivity index (χ2v) is 5.10. The number of carbonyl (C=O) groups excluding carboxylic acids is 1. The molecule has 1 saturated carbocycles. The summed E-state index contributed by atoms with van der Waals surface area (Å²) in [6.07, 6.45) is 5.26. The van der Waals surface area contributed by atoms with Crippen LogP contribution in [0.15, 0.2) is 12.2 Å². The van der Waals surface area contributed by atoms with Crippen LogP contribution in [0.25, 0.3) is 0 Å². The first-order valence-corrected chi connectivity index (χ1v) is 6.62. The van der Waals surface area contributed by atoms with Gasteiger partial charge in [0.1, 0.15) is 6.10 Å². The maximum Gasteiger partial charge on any atom is 0.363 e. The highest BCUT2D eigenvalue weighted by Crippen LogP contribution is 2.22. The molecular weight excluding hydrogens is 244 g/mol. The quantitative estimate of drug-likeness (QED) is 0.663. The van der Waals surface area contributed by atoms with Gasteiger partial charge < -0.3 is 10.5 Å². The lowest BCUT2D eigenvalue weighted by Gasteiger charge is -2.21. The summed E-state index contributed by atoms with van der Waals surface area (Å²) in [5.41, 5.74) is 6.85. The lowest BCUT2D eigenvalue weighted by Crippen LogP contribution is -2.22. The van der Waals surface area contributed by atoms with Crippen LogP contribution in [0.3, 0.4) is 0 Å². The van der Waals surface area contributed by atoms with E-state index in [1.807, 2.05) is 6.92 Å². The molecule has 0 saturated heterocycles. The summed E-state index contributed by atoms with van der Waals surface area (Å²) in [6.45, 7) is 6.10. The molecule has 0 unspecified atom stereocenters. The van der Waals surface area contributed by atoms with Crippen molar-refractivity contribution in [1.82, 2.24) is 15.0 Å². The normalized spacial score (nSPS) is 16.3. The van der Waals surface area contributed by atoms with Crippen molar-refractivity contribution in [2.24, 2.45) is 0 Å². The largest absolute Gasteiger partial charge is 0.458 e.